The van der Waals surface area contributed by atoms with E-state index in [0.717, 1.165) is 11.3 Å². The van der Waals surface area contributed by atoms with Crippen LogP contribution in [0.3, 0.4) is 0 Å². The van der Waals surface area contributed by atoms with Crippen LogP contribution in [0.15, 0.2) is 34.5 Å². The lowest BCUT2D eigenvalue weighted by Gasteiger charge is -2.09. The fourth-order valence-corrected chi connectivity index (χ4v) is 2.92. The number of anilines is 1. The number of rotatable bonds is 2. The van der Waals surface area contributed by atoms with Crippen LogP contribution in [0, 0.1) is 0 Å². The zero-order chi connectivity index (χ0) is 13.9. The van der Waals surface area contributed by atoms with Crippen molar-refractivity contribution in [3.8, 4) is 11.5 Å². The van der Waals surface area contributed by atoms with Crippen molar-refractivity contribution >= 4 is 35.6 Å². The molecule has 1 N–H and O–H groups in total. The van der Waals surface area contributed by atoms with Gasteiger partial charge in [0.1, 0.15) is 0 Å². The Hall–Kier alpha value is -1.66. The molecule has 0 aliphatic carbocycles. The minimum Gasteiger partial charge on any atom is -0.490 e. The van der Waals surface area contributed by atoms with Crippen molar-refractivity contribution in [2.45, 2.75) is 11.3 Å². The quantitative estimate of drug-likeness (QED) is 0.835. The monoisotopic (exact) mass is 307 g/mol. The predicted molar refractivity (Wildman–Crippen MR) is 81.6 cm³/mol. The minimum absolute atomic E-state index is 0.148. The minimum atomic E-state index is -0.148. The van der Waals surface area contributed by atoms with Gasteiger partial charge in [-0.2, -0.15) is 0 Å². The van der Waals surface area contributed by atoms with Gasteiger partial charge in [-0.25, -0.2) is 0 Å². The predicted octanol–water partition coefficient (Wildman–Crippen LogP) is 3.45. The number of amides is 1. The average Bonchev–Trinajstić information content (AvgIpc) is 2.74. The van der Waals surface area contributed by atoms with Crippen molar-refractivity contribution in [2.24, 2.45) is 0 Å². The normalized spacial score (nSPS) is 13.7. The molecule has 1 aromatic heterocycles. The van der Waals surface area contributed by atoms with Crippen LogP contribution in [-0.2, 0) is 0 Å². The van der Waals surface area contributed by atoms with Crippen molar-refractivity contribution in [3.05, 3.63) is 34.5 Å². The number of benzene rings is 1. The molecule has 104 valence electrons. The van der Waals surface area contributed by atoms with Gasteiger partial charge in [-0.05, 0) is 18.2 Å². The van der Waals surface area contributed by atoms with Gasteiger partial charge in [-0.3, -0.25) is 4.79 Å². The second-order valence-electron chi connectivity index (χ2n) is 4.34. The molecule has 1 amide bonds. The van der Waals surface area contributed by atoms with Crippen LogP contribution < -0.4 is 14.8 Å². The molecule has 0 atom stereocenters. The highest BCUT2D eigenvalue weighted by molar-refractivity contribution is 7.80. The lowest BCUT2D eigenvalue weighted by atomic mass is 10.2. The van der Waals surface area contributed by atoms with Crippen LogP contribution in [0.2, 0.25) is 0 Å². The molecule has 0 saturated carbocycles. The number of ether oxygens (including phenoxy) is 2. The summed E-state index contributed by atoms with van der Waals surface area (Å²) in [4.78, 5) is 13.5. The van der Waals surface area contributed by atoms with E-state index in [-0.39, 0.29) is 5.91 Å². The Morgan fingerprint density at radius 2 is 2.00 bits per heavy atom. The summed E-state index contributed by atoms with van der Waals surface area (Å²) < 4.78 is 11.1. The van der Waals surface area contributed by atoms with E-state index >= 15 is 0 Å². The molecule has 2 aromatic rings. The zero-order valence-electron chi connectivity index (χ0n) is 10.6. The van der Waals surface area contributed by atoms with Crippen LogP contribution >= 0.6 is 24.0 Å². The van der Waals surface area contributed by atoms with Gasteiger partial charge in [-0.15, -0.1) is 24.0 Å². The van der Waals surface area contributed by atoms with Gasteiger partial charge in [0.05, 0.1) is 18.1 Å². The van der Waals surface area contributed by atoms with Gasteiger partial charge in [-0.1, -0.05) is 0 Å². The summed E-state index contributed by atoms with van der Waals surface area (Å²) in [6.45, 7) is 1.27. The number of hydrogen-bond acceptors (Lipinski definition) is 5. The van der Waals surface area contributed by atoms with Crippen molar-refractivity contribution in [3.63, 3.8) is 0 Å². The lowest BCUT2D eigenvalue weighted by molar-refractivity contribution is 0.103. The summed E-state index contributed by atoms with van der Waals surface area (Å²) in [6.07, 6.45) is 0.857. The van der Waals surface area contributed by atoms with Gasteiger partial charge in [0, 0.05) is 28.5 Å². The summed E-state index contributed by atoms with van der Waals surface area (Å²) in [7, 11) is 0. The molecule has 1 aromatic carbocycles. The molecule has 0 radical (unpaired) electrons. The summed E-state index contributed by atoms with van der Waals surface area (Å²) in [5, 5.41) is 4.67. The zero-order valence-corrected chi connectivity index (χ0v) is 12.3. The highest BCUT2D eigenvalue weighted by atomic mass is 32.1. The molecule has 2 heterocycles. The van der Waals surface area contributed by atoms with Gasteiger partial charge in [0.2, 0.25) is 0 Å². The summed E-state index contributed by atoms with van der Waals surface area (Å²) >= 11 is 5.56. The van der Waals surface area contributed by atoms with Crippen LogP contribution in [0.1, 0.15) is 16.1 Å². The summed E-state index contributed by atoms with van der Waals surface area (Å²) in [5.74, 6) is 1.24. The van der Waals surface area contributed by atoms with E-state index in [4.69, 9.17) is 9.47 Å². The Labute approximate surface area is 126 Å². The molecule has 1 aliphatic rings. The van der Waals surface area contributed by atoms with Gasteiger partial charge < -0.3 is 14.8 Å². The number of carbonyl (C=O) groups is 1. The topological polar surface area (TPSA) is 47.6 Å². The first-order chi connectivity index (χ1) is 9.72. The van der Waals surface area contributed by atoms with E-state index in [1.165, 1.54) is 11.3 Å². The first kappa shape index (κ1) is 13.3. The Kier molecular flexibility index (Phi) is 3.84. The number of hydrogen-bond donors (Lipinski definition) is 2. The van der Waals surface area contributed by atoms with Crippen LogP contribution in [-0.4, -0.2) is 19.1 Å². The lowest BCUT2D eigenvalue weighted by Crippen LogP contribution is -2.10. The number of nitrogens with one attached hydrogen (secondary N) is 1. The molecule has 4 nitrogen and oxygen atoms in total. The van der Waals surface area contributed by atoms with E-state index in [9.17, 15) is 4.79 Å². The van der Waals surface area contributed by atoms with Gasteiger partial charge in [0.15, 0.2) is 11.5 Å². The molecule has 0 unspecified atom stereocenters. The number of thiol groups is 1. The van der Waals surface area contributed by atoms with Crippen LogP contribution in [0.5, 0.6) is 11.5 Å². The molecule has 1 aliphatic heterocycles. The first-order valence-corrected chi connectivity index (χ1v) is 7.53. The standard InChI is InChI=1S/C14H13NO3S2/c16-14(13-7-10(19)8-20-13)15-9-2-3-11-12(6-9)18-5-1-4-17-11/h2-3,6-8,19H,1,4-5H2,(H,15,16). The molecule has 20 heavy (non-hydrogen) atoms. The molecule has 0 saturated heterocycles. The van der Waals surface area contributed by atoms with E-state index in [2.05, 4.69) is 17.9 Å². The molecular weight excluding hydrogens is 294 g/mol. The number of thiophene rings is 1. The Morgan fingerprint density at radius 1 is 1.20 bits per heavy atom. The maximum absolute atomic E-state index is 12.1. The molecule has 3 rings (SSSR count). The second kappa shape index (κ2) is 5.76. The number of fused-ring (bicyclic) bond motifs is 1. The van der Waals surface area contributed by atoms with Crippen LogP contribution in [0.25, 0.3) is 0 Å². The second-order valence-corrected chi connectivity index (χ2v) is 5.76. The summed E-state index contributed by atoms with van der Waals surface area (Å²) in [5.41, 5.74) is 0.688. The Balaban J connectivity index is 1.77. The fourth-order valence-electron chi connectivity index (χ4n) is 1.88. The van der Waals surface area contributed by atoms with Crippen molar-refractivity contribution in [1.29, 1.82) is 0 Å². The van der Waals surface area contributed by atoms with E-state index in [1.54, 1.807) is 18.2 Å². The third-order valence-electron chi connectivity index (χ3n) is 2.81. The third kappa shape index (κ3) is 2.91. The Morgan fingerprint density at radius 3 is 2.75 bits per heavy atom. The smallest absolute Gasteiger partial charge is 0.265 e. The highest BCUT2D eigenvalue weighted by Crippen LogP contribution is 2.32. The molecule has 0 spiro atoms. The molecule has 6 heteroatoms. The molecule has 0 bridgehead atoms. The van der Waals surface area contributed by atoms with Crippen molar-refractivity contribution < 1.29 is 14.3 Å². The highest BCUT2D eigenvalue weighted by Gasteiger charge is 2.13. The van der Waals surface area contributed by atoms with E-state index in [1.807, 2.05) is 11.4 Å². The van der Waals surface area contributed by atoms with Gasteiger partial charge in [0.25, 0.3) is 5.91 Å². The number of carbonyl (C=O) groups excluding carboxylic acids is 1. The Bertz CT molecular complexity index is 639. The van der Waals surface area contributed by atoms with E-state index in [0.29, 0.717) is 35.3 Å². The maximum atomic E-state index is 12.1. The van der Waals surface area contributed by atoms with Gasteiger partial charge >= 0.3 is 0 Å². The van der Waals surface area contributed by atoms with E-state index < -0.39 is 0 Å². The average molecular weight is 307 g/mol. The van der Waals surface area contributed by atoms with Crippen molar-refractivity contribution in [2.75, 3.05) is 18.5 Å². The van der Waals surface area contributed by atoms with Crippen LogP contribution in [0.4, 0.5) is 5.69 Å². The fraction of sp³-hybridized carbons (Fsp3) is 0.214. The van der Waals surface area contributed by atoms with Crippen molar-refractivity contribution in [1.82, 2.24) is 0 Å². The third-order valence-corrected chi connectivity index (χ3v) is 4.18. The molecule has 0 fully saturated rings. The first-order valence-electron chi connectivity index (χ1n) is 6.21. The maximum Gasteiger partial charge on any atom is 0.265 e. The SMILES string of the molecule is O=C(Nc1ccc2c(c1)OCCCO2)c1cc(S)cs1. The summed E-state index contributed by atoms with van der Waals surface area (Å²) in [6, 6.07) is 7.15. The largest absolute Gasteiger partial charge is 0.490 e. The molecular formula is C14H13NO3S2.